The molecule has 0 amide bonds. The summed E-state index contributed by atoms with van der Waals surface area (Å²) in [5.74, 6) is 0. The van der Waals surface area contributed by atoms with Crippen LogP contribution in [0.5, 0.6) is 0 Å². The summed E-state index contributed by atoms with van der Waals surface area (Å²) in [6.07, 6.45) is 2.33. The largest absolute Gasteiger partial charge is 0.456 e. The summed E-state index contributed by atoms with van der Waals surface area (Å²) in [6, 6.07) is 75.0. The predicted octanol–water partition coefficient (Wildman–Crippen LogP) is 17.1. The second-order valence-electron chi connectivity index (χ2n) is 19.9. The van der Waals surface area contributed by atoms with Crippen molar-refractivity contribution in [2.75, 3.05) is 4.90 Å². The second-order valence-corrected chi connectivity index (χ2v) is 19.9. The summed E-state index contributed by atoms with van der Waals surface area (Å²) in [6.45, 7) is 9.72. The minimum atomic E-state index is -0.498. The van der Waals surface area contributed by atoms with Gasteiger partial charge in [-0.25, -0.2) is 0 Å². The Balaban J connectivity index is 1.15. The minimum absolute atomic E-state index is 0.0476. The van der Waals surface area contributed by atoms with Gasteiger partial charge in [0.25, 0.3) is 0 Å². The van der Waals surface area contributed by atoms with Gasteiger partial charge in [0.05, 0.1) is 11.1 Å². The highest BCUT2D eigenvalue weighted by molar-refractivity contribution is 6.07. The summed E-state index contributed by atoms with van der Waals surface area (Å²) in [7, 11) is 0. The van der Waals surface area contributed by atoms with Gasteiger partial charge in [0, 0.05) is 27.7 Å². The summed E-state index contributed by atoms with van der Waals surface area (Å²) in [5.41, 5.74) is 23.1. The first-order valence-electron chi connectivity index (χ1n) is 23.2. The zero-order chi connectivity index (χ0) is 43.7. The Hall–Kier alpha value is -7.42. The highest BCUT2D eigenvalue weighted by Crippen LogP contribution is 2.64. The number of nitrogens with zero attached hydrogens (tertiary/aromatic N) is 1. The number of fused-ring (bicyclic) bond motifs is 14. The Labute approximate surface area is 381 Å². The van der Waals surface area contributed by atoms with E-state index in [9.17, 15) is 0 Å². The fourth-order valence-electron chi connectivity index (χ4n) is 12.0. The van der Waals surface area contributed by atoms with E-state index < -0.39 is 5.41 Å². The van der Waals surface area contributed by atoms with Crippen molar-refractivity contribution in [3.8, 4) is 44.5 Å². The van der Waals surface area contributed by atoms with Gasteiger partial charge >= 0.3 is 0 Å². The SMILES string of the molecule is CC1(C)CCC(C)(C)c2cc(-c3cc4c(cc3N(c3ccc(-c5ccccc5)cc3)c3ccc5oc6ccccc6c5c3)C3(c5ccccc5-c5ccccc53)c3ccccc3-4)ccc21. The van der Waals surface area contributed by atoms with E-state index >= 15 is 0 Å². The third-order valence-corrected chi connectivity index (χ3v) is 15.4. The first-order chi connectivity index (χ1) is 31.7. The van der Waals surface area contributed by atoms with Crippen LogP contribution in [0.2, 0.25) is 0 Å². The fraction of sp³-hybridized carbons (Fsp3) is 0.143. The molecule has 2 nitrogen and oxygen atoms in total. The Bertz CT molecular complexity index is 3500. The molecule has 0 radical (unpaired) electrons. The summed E-state index contributed by atoms with van der Waals surface area (Å²) < 4.78 is 6.45. The van der Waals surface area contributed by atoms with Crippen molar-refractivity contribution in [3.05, 3.63) is 234 Å². The molecule has 312 valence electrons. The molecule has 1 aromatic heterocycles. The monoisotopic (exact) mass is 835 g/mol. The van der Waals surface area contributed by atoms with Crippen LogP contribution in [0.1, 0.15) is 73.9 Å². The van der Waals surface area contributed by atoms with E-state index in [4.69, 9.17) is 4.42 Å². The molecule has 0 saturated carbocycles. The summed E-state index contributed by atoms with van der Waals surface area (Å²) >= 11 is 0. The Morgan fingerprint density at radius 1 is 0.354 bits per heavy atom. The number of para-hydroxylation sites is 1. The van der Waals surface area contributed by atoms with Crippen molar-refractivity contribution in [2.24, 2.45) is 0 Å². The number of anilines is 3. The van der Waals surface area contributed by atoms with Crippen molar-refractivity contribution < 1.29 is 4.42 Å². The van der Waals surface area contributed by atoms with Crippen molar-refractivity contribution >= 4 is 39.0 Å². The van der Waals surface area contributed by atoms with Crippen LogP contribution in [0, 0.1) is 0 Å². The topological polar surface area (TPSA) is 16.4 Å². The molecule has 3 aliphatic carbocycles. The maximum atomic E-state index is 6.45. The van der Waals surface area contributed by atoms with E-state index in [0.717, 1.165) is 45.4 Å². The lowest BCUT2D eigenvalue weighted by molar-refractivity contribution is 0.332. The molecule has 0 N–H and O–H groups in total. The van der Waals surface area contributed by atoms with Gasteiger partial charge in [-0.15, -0.1) is 0 Å². The molecule has 0 aliphatic heterocycles. The molecule has 0 fully saturated rings. The molecule has 0 bridgehead atoms. The maximum absolute atomic E-state index is 6.45. The average molecular weight is 836 g/mol. The summed E-state index contributed by atoms with van der Waals surface area (Å²) in [5, 5.41) is 2.22. The number of hydrogen-bond acceptors (Lipinski definition) is 2. The van der Waals surface area contributed by atoms with Crippen molar-refractivity contribution in [2.45, 2.75) is 56.8 Å². The second kappa shape index (κ2) is 13.8. The Morgan fingerprint density at radius 2 is 0.892 bits per heavy atom. The lowest BCUT2D eigenvalue weighted by Crippen LogP contribution is -2.33. The minimum Gasteiger partial charge on any atom is -0.456 e. The van der Waals surface area contributed by atoms with Crippen LogP contribution in [0.25, 0.3) is 66.4 Å². The van der Waals surface area contributed by atoms with Gasteiger partial charge in [0.15, 0.2) is 0 Å². The highest BCUT2D eigenvalue weighted by atomic mass is 16.3. The molecule has 13 rings (SSSR count). The van der Waals surface area contributed by atoms with Crippen LogP contribution in [-0.2, 0) is 16.2 Å². The van der Waals surface area contributed by atoms with Crippen LogP contribution < -0.4 is 4.90 Å². The first kappa shape index (κ1) is 38.1. The highest BCUT2D eigenvalue weighted by Gasteiger charge is 2.52. The maximum Gasteiger partial charge on any atom is 0.135 e. The van der Waals surface area contributed by atoms with Gasteiger partial charge in [-0.3, -0.25) is 0 Å². The molecular formula is C63H49NO. The predicted molar refractivity (Wildman–Crippen MR) is 271 cm³/mol. The molecule has 9 aromatic carbocycles. The molecule has 3 aliphatic rings. The van der Waals surface area contributed by atoms with Crippen LogP contribution in [0.15, 0.2) is 205 Å². The van der Waals surface area contributed by atoms with Crippen LogP contribution >= 0.6 is 0 Å². The van der Waals surface area contributed by atoms with Crippen LogP contribution in [0.3, 0.4) is 0 Å². The normalized spacial score (nSPS) is 15.6. The lowest BCUT2D eigenvalue weighted by atomic mass is 9.63. The van der Waals surface area contributed by atoms with Gasteiger partial charge in [-0.2, -0.15) is 0 Å². The molecule has 0 unspecified atom stereocenters. The van der Waals surface area contributed by atoms with Crippen LogP contribution in [-0.4, -0.2) is 0 Å². The number of furan rings is 1. The molecule has 65 heavy (non-hydrogen) atoms. The lowest BCUT2D eigenvalue weighted by Gasteiger charge is -2.42. The molecule has 0 saturated heterocycles. The van der Waals surface area contributed by atoms with E-state index in [1.807, 2.05) is 0 Å². The van der Waals surface area contributed by atoms with Crippen molar-refractivity contribution in [3.63, 3.8) is 0 Å². The van der Waals surface area contributed by atoms with E-state index in [1.54, 1.807) is 0 Å². The Kier molecular flexibility index (Phi) is 8.08. The quantitative estimate of drug-likeness (QED) is 0.172. The van der Waals surface area contributed by atoms with Gasteiger partial charge in [-0.05, 0) is 145 Å². The molecule has 1 spiro atoms. The third kappa shape index (κ3) is 5.47. The standard InChI is InChI=1S/C63H49NO/c1-61(2)34-35-62(3,4)57-36-42(28-32-55(57)61)49-38-50-47-20-10-14-24-54(47)63(52-22-12-8-18-45(52)46-19-9-13-23-53(46)63)56(50)39-58(49)64(43-29-26-41(27-30-43)40-16-6-5-7-17-40)44-31-33-60-51(37-44)48-21-11-15-25-59(48)65-60/h5-33,36-39H,34-35H2,1-4H3. The van der Waals surface area contributed by atoms with E-state index in [1.165, 1.54) is 84.3 Å². The first-order valence-corrected chi connectivity index (χ1v) is 23.2. The molecule has 0 atom stereocenters. The van der Waals surface area contributed by atoms with E-state index in [-0.39, 0.29) is 10.8 Å². The molecule has 1 heterocycles. The zero-order valence-corrected chi connectivity index (χ0v) is 37.3. The van der Waals surface area contributed by atoms with E-state index in [0.29, 0.717) is 0 Å². The Morgan fingerprint density at radius 3 is 1.58 bits per heavy atom. The van der Waals surface area contributed by atoms with Gasteiger partial charge in [-0.1, -0.05) is 179 Å². The zero-order valence-electron chi connectivity index (χ0n) is 37.3. The van der Waals surface area contributed by atoms with Gasteiger partial charge < -0.3 is 9.32 Å². The van der Waals surface area contributed by atoms with Crippen molar-refractivity contribution in [1.29, 1.82) is 0 Å². The van der Waals surface area contributed by atoms with Crippen molar-refractivity contribution in [1.82, 2.24) is 0 Å². The van der Waals surface area contributed by atoms with Gasteiger partial charge in [0.1, 0.15) is 11.2 Å². The summed E-state index contributed by atoms with van der Waals surface area (Å²) in [4.78, 5) is 2.52. The fourth-order valence-corrected chi connectivity index (χ4v) is 12.0. The number of benzene rings is 9. The average Bonchev–Trinajstić information content (AvgIpc) is 3.97. The molecular weight excluding hydrogens is 787 g/mol. The van der Waals surface area contributed by atoms with Gasteiger partial charge in [0.2, 0.25) is 0 Å². The smallest absolute Gasteiger partial charge is 0.135 e. The third-order valence-electron chi connectivity index (χ3n) is 15.4. The van der Waals surface area contributed by atoms with Crippen LogP contribution in [0.4, 0.5) is 17.1 Å². The van der Waals surface area contributed by atoms with E-state index in [2.05, 4.69) is 233 Å². The molecule has 10 aromatic rings. The molecule has 2 heteroatoms. The number of rotatable bonds is 5. The number of hydrogen-bond donors (Lipinski definition) is 0.